The van der Waals surface area contributed by atoms with Crippen LogP contribution in [-0.2, 0) is 0 Å². The van der Waals surface area contributed by atoms with Gasteiger partial charge in [0.15, 0.2) is 5.96 Å². The first-order chi connectivity index (χ1) is 9.26. The molecule has 0 amide bonds. The van der Waals surface area contributed by atoms with Crippen LogP contribution in [0.4, 0.5) is 0 Å². The van der Waals surface area contributed by atoms with Gasteiger partial charge in [-0.15, -0.1) is 0 Å². The second-order valence-corrected chi connectivity index (χ2v) is 7.21. The van der Waals surface area contributed by atoms with Crippen molar-refractivity contribution >= 4 is 29.2 Å². The van der Waals surface area contributed by atoms with Gasteiger partial charge in [-0.2, -0.15) is 0 Å². The van der Waals surface area contributed by atoms with Crippen LogP contribution in [-0.4, -0.2) is 18.0 Å². The molecule has 0 radical (unpaired) electrons. The second kappa shape index (κ2) is 5.82. The van der Waals surface area contributed by atoms with Gasteiger partial charge in [0.25, 0.3) is 0 Å². The summed E-state index contributed by atoms with van der Waals surface area (Å²) in [5, 5.41) is 4.58. The predicted octanol–water partition coefficient (Wildman–Crippen LogP) is 3.80. The van der Waals surface area contributed by atoms with E-state index in [0.29, 0.717) is 22.8 Å². The fraction of sp³-hybridized carbons (Fsp3) is 0.533. The zero-order valence-electron chi connectivity index (χ0n) is 12.1. The van der Waals surface area contributed by atoms with Crippen molar-refractivity contribution in [3.63, 3.8) is 0 Å². The van der Waals surface area contributed by atoms with Crippen LogP contribution in [0.15, 0.2) is 23.2 Å². The number of aliphatic imine (C=N–C) groups is 1. The third-order valence-electron chi connectivity index (χ3n) is 3.28. The molecular weight excluding hydrogens is 293 g/mol. The highest BCUT2D eigenvalue weighted by atomic mass is 35.5. The highest BCUT2D eigenvalue weighted by Gasteiger charge is 2.39. The molecule has 0 bridgehead atoms. The summed E-state index contributed by atoms with van der Waals surface area (Å²) >= 11 is 12.1. The van der Waals surface area contributed by atoms with E-state index in [-0.39, 0.29) is 5.54 Å². The summed E-state index contributed by atoms with van der Waals surface area (Å²) < 4.78 is 0. The molecule has 0 heterocycles. The van der Waals surface area contributed by atoms with Gasteiger partial charge in [0.2, 0.25) is 0 Å². The molecule has 2 rings (SSSR count). The Bertz CT molecular complexity index is 520. The fourth-order valence-electron chi connectivity index (χ4n) is 2.27. The average molecular weight is 314 g/mol. The summed E-state index contributed by atoms with van der Waals surface area (Å²) in [7, 11) is 0. The van der Waals surface area contributed by atoms with Crippen LogP contribution in [0.5, 0.6) is 0 Å². The standard InChI is InChI=1S/C15H21Cl2N3/c1-15(2,3)20-14(18)19-8-9-6-12(9)11-5-4-10(16)7-13(11)17/h4-5,7,9,12H,6,8H2,1-3H3,(H3,18,19,20). The van der Waals surface area contributed by atoms with Gasteiger partial charge in [-0.25, -0.2) is 0 Å². The number of benzene rings is 1. The molecule has 5 heteroatoms. The van der Waals surface area contributed by atoms with E-state index in [2.05, 4.69) is 31.1 Å². The summed E-state index contributed by atoms with van der Waals surface area (Å²) in [6.45, 7) is 6.91. The molecule has 3 N–H and O–H groups in total. The number of nitrogens with zero attached hydrogens (tertiary/aromatic N) is 1. The van der Waals surface area contributed by atoms with E-state index >= 15 is 0 Å². The van der Waals surface area contributed by atoms with E-state index in [9.17, 15) is 0 Å². The third-order valence-corrected chi connectivity index (χ3v) is 3.85. The van der Waals surface area contributed by atoms with Gasteiger partial charge in [-0.05, 0) is 56.7 Å². The minimum atomic E-state index is -0.0595. The minimum Gasteiger partial charge on any atom is -0.370 e. The van der Waals surface area contributed by atoms with E-state index in [0.717, 1.165) is 18.0 Å². The van der Waals surface area contributed by atoms with Crippen molar-refractivity contribution in [2.75, 3.05) is 6.54 Å². The topological polar surface area (TPSA) is 50.4 Å². The maximum atomic E-state index is 6.22. The molecule has 20 heavy (non-hydrogen) atoms. The van der Waals surface area contributed by atoms with Crippen LogP contribution in [0.25, 0.3) is 0 Å². The SMILES string of the molecule is CC(C)(C)NC(N)=NCC1CC1c1ccc(Cl)cc1Cl. The van der Waals surface area contributed by atoms with Gasteiger partial charge >= 0.3 is 0 Å². The van der Waals surface area contributed by atoms with Crippen LogP contribution < -0.4 is 11.1 Å². The highest BCUT2D eigenvalue weighted by molar-refractivity contribution is 6.35. The predicted molar refractivity (Wildman–Crippen MR) is 86.7 cm³/mol. The molecule has 0 saturated heterocycles. The quantitative estimate of drug-likeness (QED) is 0.658. The van der Waals surface area contributed by atoms with Crippen LogP contribution >= 0.6 is 23.2 Å². The van der Waals surface area contributed by atoms with Crippen LogP contribution in [0.2, 0.25) is 10.0 Å². The second-order valence-electron chi connectivity index (χ2n) is 6.37. The number of halogens is 2. The molecule has 0 aliphatic heterocycles. The smallest absolute Gasteiger partial charge is 0.188 e. The van der Waals surface area contributed by atoms with Crippen molar-refractivity contribution in [1.82, 2.24) is 5.32 Å². The molecule has 1 aliphatic carbocycles. The number of nitrogens with one attached hydrogen (secondary N) is 1. The molecule has 1 aromatic carbocycles. The number of nitrogens with two attached hydrogens (primary N) is 1. The third kappa shape index (κ3) is 4.29. The zero-order chi connectivity index (χ0) is 14.9. The van der Waals surface area contributed by atoms with Crippen molar-refractivity contribution in [2.24, 2.45) is 16.6 Å². The maximum absolute atomic E-state index is 6.22. The zero-order valence-corrected chi connectivity index (χ0v) is 13.6. The van der Waals surface area contributed by atoms with Gasteiger partial charge in [-0.3, -0.25) is 4.99 Å². The summed E-state index contributed by atoms with van der Waals surface area (Å²) in [4.78, 5) is 4.41. The van der Waals surface area contributed by atoms with E-state index in [1.807, 2.05) is 12.1 Å². The molecular formula is C15H21Cl2N3. The first-order valence-electron chi connectivity index (χ1n) is 6.79. The van der Waals surface area contributed by atoms with Gasteiger partial charge in [0.1, 0.15) is 0 Å². The van der Waals surface area contributed by atoms with E-state index < -0.39 is 0 Å². The van der Waals surface area contributed by atoms with Crippen molar-refractivity contribution < 1.29 is 0 Å². The minimum absolute atomic E-state index is 0.0595. The molecule has 1 fully saturated rings. The van der Waals surface area contributed by atoms with Gasteiger partial charge in [0, 0.05) is 22.1 Å². The van der Waals surface area contributed by atoms with Crippen molar-refractivity contribution in [2.45, 2.75) is 38.6 Å². The number of hydrogen-bond acceptors (Lipinski definition) is 1. The normalized spacial score (nSPS) is 22.8. The molecule has 3 nitrogen and oxygen atoms in total. The van der Waals surface area contributed by atoms with Gasteiger partial charge in [-0.1, -0.05) is 29.3 Å². The molecule has 0 spiro atoms. The van der Waals surface area contributed by atoms with Crippen molar-refractivity contribution in [3.8, 4) is 0 Å². The van der Waals surface area contributed by atoms with Gasteiger partial charge in [0.05, 0.1) is 0 Å². The Balaban J connectivity index is 1.91. The maximum Gasteiger partial charge on any atom is 0.188 e. The lowest BCUT2D eigenvalue weighted by molar-refractivity contribution is 0.508. The lowest BCUT2D eigenvalue weighted by Crippen LogP contribution is -2.45. The molecule has 110 valence electrons. The summed E-state index contributed by atoms with van der Waals surface area (Å²) in [5.41, 5.74) is 6.97. The fourth-order valence-corrected chi connectivity index (χ4v) is 2.82. The van der Waals surface area contributed by atoms with Crippen LogP contribution in [0.3, 0.4) is 0 Å². The Hall–Kier alpha value is -0.930. The number of guanidine groups is 1. The summed E-state index contributed by atoms with van der Waals surface area (Å²) in [6.07, 6.45) is 1.10. The van der Waals surface area contributed by atoms with Gasteiger partial charge < -0.3 is 11.1 Å². The Morgan fingerprint density at radius 1 is 1.40 bits per heavy atom. The Kier molecular flexibility index (Phi) is 4.50. The first-order valence-corrected chi connectivity index (χ1v) is 7.55. The molecule has 0 aromatic heterocycles. The number of hydrogen-bond donors (Lipinski definition) is 2. The van der Waals surface area contributed by atoms with Crippen LogP contribution in [0.1, 0.15) is 38.7 Å². The number of rotatable bonds is 3. The monoisotopic (exact) mass is 313 g/mol. The summed E-state index contributed by atoms with van der Waals surface area (Å²) in [5.74, 6) is 1.50. The largest absolute Gasteiger partial charge is 0.370 e. The van der Waals surface area contributed by atoms with Crippen molar-refractivity contribution in [1.29, 1.82) is 0 Å². The summed E-state index contributed by atoms with van der Waals surface area (Å²) in [6, 6.07) is 5.69. The van der Waals surface area contributed by atoms with E-state index in [1.54, 1.807) is 6.07 Å². The first kappa shape index (κ1) is 15.5. The molecule has 2 unspecified atom stereocenters. The van der Waals surface area contributed by atoms with E-state index in [4.69, 9.17) is 28.9 Å². The van der Waals surface area contributed by atoms with E-state index in [1.165, 1.54) is 5.56 Å². The Morgan fingerprint density at radius 3 is 2.70 bits per heavy atom. The molecule has 1 aliphatic rings. The molecule has 1 aromatic rings. The Morgan fingerprint density at radius 2 is 2.10 bits per heavy atom. The highest BCUT2D eigenvalue weighted by Crippen LogP contribution is 2.49. The lowest BCUT2D eigenvalue weighted by atomic mass is 10.1. The average Bonchev–Trinajstić information content (AvgIpc) is 3.03. The molecule has 1 saturated carbocycles. The Labute approximate surface area is 130 Å². The lowest BCUT2D eigenvalue weighted by Gasteiger charge is -2.20. The molecule has 2 atom stereocenters. The van der Waals surface area contributed by atoms with Crippen molar-refractivity contribution in [3.05, 3.63) is 33.8 Å². The van der Waals surface area contributed by atoms with Crippen LogP contribution in [0, 0.1) is 5.92 Å².